The molecule has 124 valence electrons. The molecule has 0 aromatic carbocycles. The van der Waals surface area contributed by atoms with Gasteiger partial charge in [0.1, 0.15) is 0 Å². The third-order valence-electron chi connectivity index (χ3n) is 9.33. The number of hydrogen-bond donors (Lipinski definition) is 1. The number of aliphatic hydroxyl groups is 1. The molecule has 1 saturated heterocycles. The minimum atomic E-state index is -0.0367. The van der Waals surface area contributed by atoms with E-state index in [2.05, 4.69) is 20.8 Å². The standard InChI is InChI=1S/C20H32O2/c1-18-9-8-15-13(14(18)6-7-16(18)21)5-4-12-10-20(3)17(22-20)11-19(12,15)2/h12-17,21H,4-11H2,1-3H3/t12-,13-,14-,15-,16-,17+,18-,19-,20-/m0/s1. The monoisotopic (exact) mass is 304 g/mol. The first-order valence-corrected chi connectivity index (χ1v) is 9.73. The van der Waals surface area contributed by atoms with Crippen molar-refractivity contribution in [2.75, 3.05) is 0 Å². The van der Waals surface area contributed by atoms with Gasteiger partial charge in [-0.2, -0.15) is 0 Å². The van der Waals surface area contributed by atoms with Gasteiger partial charge in [-0.05, 0) is 92.8 Å². The highest BCUT2D eigenvalue weighted by atomic mass is 16.6. The molecule has 2 nitrogen and oxygen atoms in total. The lowest BCUT2D eigenvalue weighted by atomic mass is 9.44. The number of epoxide rings is 1. The maximum Gasteiger partial charge on any atom is 0.0923 e. The van der Waals surface area contributed by atoms with Crippen molar-refractivity contribution in [3.63, 3.8) is 0 Å². The molecule has 0 amide bonds. The molecule has 1 N–H and O–H groups in total. The fourth-order valence-electron chi connectivity index (χ4n) is 7.78. The van der Waals surface area contributed by atoms with Gasteiger partial charge in [-0.3, -0.25) is 0 Å². The molecule has 9 atom stereocenters. The highest BCUT2D eigenvalue weighted by molar-refractivity contribution is 5.15. The Morgan fingerprint density at radius 1 is 0.864 bits per heavy atom. The number of ether oxygens (including phenoxy) is 1. The molecule has 0 aromatic heterocycles. The molecule has 4 aliphatic carbocycles. The molecule has 1 heterocycles. The van der Waals surface area contributed by atoms with Crippen LogP contribution in [0.2, 0.25) is 0 Å². The Kier molecular flexibility index (Phi) is 2.67. The molecule has 0 aromatic rings. The van der Waals surface area contributed by atoms with Crippen LogP contribution in [0.3, 0.4) is 0 Å². The summed E-state index contributed by atoms with van der Waals surface area (Å²) in [4.78, 5) is 0. The molecular formula is C20H32O2. The molecule has 5 aliphatic rings. The minimum Gasteiger partial charge on any atom is -0.393 e. The fourth-order valence-corrected chi connectivity index (χ4v) is 7.78. The predicted octanol–water partition coefficient (Wildman–Crippen LogP) is 4.16. The van der Waals surface area contributed by atoms with E-state index in [0.29, 0.717) is 11.5 Å². The SMILES string of the molecule is C[C@]12C[C@H]3O[C@@]3(C)C[C@@H]1CC[C@@H]1[C@@H]2CC[C@]2(C)[C@@H](O)CC[C@@H]12. The van der Waals surface area contributed by atoms with Crippen molar-refractivity contribution in [3.8, 4) is 0 Å². The van der Waals surface area contributed by atoms with E-state index in [1.807, 2.05) is 0 Å². The van der Waals surface area contributed by atoms with Crippen LogP contribution in [-0.2, 0) is 4.74 Å². The van der Waals surface area contributed by atoms with Crippen LogP contribution < -0.4 is 0 Å². The first-order chi connectivity index (χ1) is 10.4. The van der Waals surface area contributed by atoms with Crippen molar-refractivity contribution in [2.24, 2.45) is 34.5 Å². The summed E-state index contributed by atoms with van der Waals surface area (Å²) in [5.74, 6) is 3.43. The van der Waals surface area contributed by atoms with E-state index in [0.717, 1.165) is 30.1 Å². The lowest BCUT2D eigenvalue weighted by molar-refractivity contribution is -0.119. The van der Waals surface area contributed by atoms with Crippen LogP contribution in [0.15, 0.2) is 0 Å². The first kappa shape index (κ1) is 14.3. The van der Waals surface area contributed by atoms with E-state index >= 15 is 0 Å². The fraction of sp³-hybridized carbons (Fsp3) is 1.00. The summed E-state index contributed by atoms with van der Waals surface area (Å²) in [6, 6.07) is 0. The van der Waals surface area contributed by atoms with Crippen molar-refractivity contribution >= 4 is 0 Å². The molecule has 22 heavy (non-hydrogen) atoms. The van der Waals surface area contributed by atoms with E-state index < -0.39 is 0 Å². The number of hydrogen-bond acceptors (Lipinski definition) is 2. The Hall–Kier alpha value is -0.0800. The van der Waals surface area contributed by atoms with Gasteiger partial charge in [0.2, 0.25) is 0 Å². The Morgan fingerprint density at radius 3 is 2.45 bits per heavy atom. The van der Waals surface area contributed by atoms with Crippen molar-refractivity contribution < 1.29 is 9.84 Å². The molecule has 1 aliphatic heterocycles. The van der Waals surface area contributed by atoms with Crippen molar-refractivity contribution in [3.05, 3.63) is 0 Å². The summed E-state index contributed by atoms with van der Waals surface area (Å²) < 4.78 is 6.09. The predicted molar refractivity (Wildman–Crippen MR) is 86.4 cm³/mol. The van der Waals surface area contributed by atoms with Gasteiger partial charge in [0, 0.05) is 0 Å². The van der Waals surface area contributed by atoms with E-state index in [1.165, 1.54) is 44.9 Å². The summed E-state index contributed by atoms with van der Waals surface area (Å²) in [5, 5.41) is 10.5. The lowest BCUT2D eigenvalue weighted by Gasteiger charge is -2.60. The van der Waals surface area contributed by atoms with Crippen LogP contribution in [-0.4, -0.2) is 22.9 Å². The van der Waals surface area contributed by atoms with E-state index in [4.69, 9.17) is 4.74 Å². The van der Waals surface area contributed by atoms with Crippen LogP contribution in [0.25, 0.3) is 0 Å². The van der Waals surface area contributed by atoms with Gasteiger partial charge in [-0.25, -0.2) is 0 Å². The van der Waals surface area contributed by atoms with Gasteiger partial charge in [-0.1, -0.05) is 13.8 Å². The first-order valence-electron chi connectivity index (χ1n) is 9.73. The third kappa shape index (κ3) is 1.59. The highest BCUT2D eigenvalue weighted by Gasteiger charge is 2.67. The molecular weight excluding hydrogens is 272 g/mol. The quantitative estimate of drug-likeness (QED) is 0.682. The second kappa shape index (κ2) is 4.11. The molecule has 4 saturated carbocycles. The maximum absolute atomic E-state index is 10.5. The molecule has 0 spiro atoms. The highest BCUT2D eigenvalue weighted by Crippen LogP contribution is 2.69. The summed E-state index contributed by atoms with van der Waals surface area (Å²) in [7, 11) is 0. The zero-order valence-electron chi connectivity index (χ0n) is 14.5. The van der Waals surface area contributed by atoms with Gasteiger partial charge < -0.3 is 9.84 Å². The average molecular weight is 304 g/mol. The summed E-state index contributed by atoms with van der Waals surface area (Å²) >= 11 is 0. The van der Waals surface area contributed by atoms with Crippen LogP contribution in [0, 0.1) is 34.5 Å². The molecule has 0 bridgehead atoms. The molecule has 5 fully saturated rings. The Balaban J connectivity index is 1.47. The van der Waals surface area contributed by atoms with Gasteiger partial charge in [0.25, 0.3) is 0 Å². The van der Waals surface area contributed by atoms with E-state index in [-0.39, 0.29) is 17.1 Å². The second-order valence-corrected chi connectivity index (χ2v) is 10.1. The molecule has 5 rings (SSSR count). The summed E-state index contributed by atoms with van der Waals surface area (Å²) in [6.45, 7) is 7.33. The van der Waals surface area contributed by atoms with Crippen molar-refractivity contribution in [1.29, 1.82) is 0 Å². The van der Waals surface area contributed by atoms with Crippen LogP contribution in [0.1, 0.15) is 72.1 Å². The molecule has 0 unspecified atom stereocenters. The van der Waals surface area contributed by atoms with Crippen LogP contribution in [0.5, 0.6) is 0 Å². The number of fused-ring (bicyclic) bond motifs is 6. The molecule has 0 radical (unpaired) electrons. The van der Waals surface area contributed by atoms with Crippen molar-refractivity contribution in [2.45, 2.75) is 89.9 Å². The molecule has 2 heteroatoms. The van der Waals surface area contributed by atoms with Gasteiger partial charge in [0.05, 0.1) is 17.8 Å². The van der Waals surface area contributed by atoms with Gasteiger partial charge >= 0.3 is 0 Å². The largest absolute Gasteiger partial charge is 0.393 e. The summed E-state index contributed by atoms with van der Waals surface area (Å²) in [5.41, 5.74) is 0.978. The zero-order chi connectivity index (χ0) is 15.3. The lowest BCUT2D eigenvalue weighted by Crippen LogP contribution is -2.54. The zero-order valence-corrected chi connectivity index (χ0v) is 14.5. The average Bonchev–Trinajstić information content (AvgIpc) is 3.01. The Bertz CT molecular complexity index is 504. The van der Waals surface area contributed by atoms with Crippen LogP contribution >= 0.6 is 0 Å². The smallest absolute Gasteiger partial charge is 0.0923 e. The van der Waals surface area contributed by atoms with E-state index in [9.17, 15) is 5.11 Å². The van der Waals surface area contributed by atoms with Crippen molar-refractivity contribution in [1.82, 2.24) is 0 Å². The van der Waals surface area contributed by atoms with Gasteiger partial charge in [0.15, 0.2) is 0 Å². The number of aliphatic hydroxyl groups excluding tert-OH is 1. The topological polar surface area (TPSA) is 32.8 Å². The minimum absolute atomic E-state index is 0.0367. The normalized spacial score (nSPS) is 66.0. The third-order valence-corrected chi connectivity index (χ3v) is 9.33. The number of rotatable bonds is 0. The Labute approximate surface area is 135 Å². The Morgan fingerprint density at radius 2 is 1.64 bits per heavy atom. The van der Waals surface area contributed by atoms with Gasteiger partial charge in [-0.15, -0.1) is 0 Å². The summed E-state index contributed by atoms with van der Waals surface area (Å²) in [6.07, 6.45) is 10.9. The maximum atomic E-state index is 10.5. The second-order valence-electron chi connectivity index (χ2n) is 10.1. The van der Waals surface area contributed by atoms with Crippen LogP contribution in [0.4, 0.5) is 0 Å². The van der Waals surface area contributed by atoms with E-state index in [1.54, 1.807) is 0 Å².